The highest BCUT2D eigenvalue weighted by molar-refractivity contribution is 6.00. The normalized spacial score (nSPS) is 10.7. The number of aromatic nitrogens is 1. The summed E-state index contributed by atoms with van der Waals surface area (Å²) in [6.45, 7) is 0.807. The highest BCUT2D eigenvalue weighted by atomic mass is 15.2. The molecule has 2 N–H and O–H groups in total. The average Bonchev–Trinajstić information content (AvgIpc) is 2.48. The fourth-order valence-corrected chi connectivity index (χ4v) is 2.46. The standard InChI is InChI=1S/C17H17N3/c1-20(12-13-6-3-2-4-7-13)17-16-14(10-11-19-17)8-5-9-15(16)18/h2-11H,12,18H2,1H3. The molecule has 0 radical (unpaired) electrons. The molecule has 0 aliphatic heterocycles. The third-order valence-corrected chi connectivity index (χ3v) is 3.43. The van der Waals surface area contributed by atoms with Crippen LogP contribution in [0.5, 0.6) is 0 Å². The van der Waals surface area contributed by atoms with Crippen LogP contribution in [0.1, 0.15) is 5.56 Å². The maximum Gasteiger partial charge on any atom is 0.138 e. The number of nitrogens with two attached hydrogens (primary N) is 1. The van der Waals surface area contributed by atoms with Gasteiger partial charge in [-0.2, -0.15) is 0 Å². The van der Waals surface area contributed by atoms with Crippen molar-refractivity contribution < 1.29 is 0 Å². The van der Waals surface area contributed by atoms with Crippen molar-refractivity contribution in [3.63, 3.8) is 0 Å². The Bertz CT molecular complexity index is 717. The number of hydrogen-bond acceptors (Lipinski definition) is 3. The van der Waals surface area contributed by atoms with Gasteiger partial charge in [-0.25, -0.2) is 4.98 Å². The van der Waals surface area contributed by atoms with Crippen molar-refractivity contribution in [1.82, 2.24) is 4.98 Å². The van der Waals surface area contributed by atoms with Gasteiger partial charge in [0.05, 0.1) is 0 Å². The van der Waals surface area contributed by atoms with E-state index in [2.05, 4.69) is 28.1 Å². The van der Waals surface area contributed by atoms with Crippen LogP contribution in [0.2, 0.25) is 0 Å². The smallest absolute Gasteiger partial charge is 0.138 e. The molecule has 0 spiro atoms. The summed E-state index contributed by atoms with van der Waals surface area (Å²) < 4.78 is 0. The summed E-state index contributed by atoms with van der Waals surface area (Å²) in [5, 5.41) is 2.14. The summed E-state index contributed by atoms with van der Waals surface area (Å²) in [5.74, 6) is 0.921. The zero-order valence-electron chi connectivity index (χ0n) is 11.5. The molecule has 0 fully saturated rings. The number of rotatable bonds is 3. The second-order valence-corrected chi connectivity index (χ2v) is 4.92. The van der Waals surface area contributed by atoms with E-state index in [4.69, 9.17) is 5.73 Å². The molecule has 3 heteroatoms. The molecule has 0 saturated heterocycles. The molecule has 0 saturated carbocycles. The van der Waals surface area contributed by atoms with Crippen molar-refractivity contribution in [2.75, 3.05) is 17.7 Å². The Balaban J connectivity index is 2.01. The molecule has 1 aromatic heterocycles. The lowest BCUT2D eigenvalue weighted by molar-refractivity contribution is 0.905. The van der Waals surface area contributed by atoms with Gasteiger partial charge in [-0.05, 0) is 23.1 Å². The van der Waals surface area contributed by atoms with Crippen molar-refractivity contribution in [3.05, 3.63) is 66.4 Å². The van der Waals surface area contributed by atoms with E-state index in [0.717, 1.165) is 28.8 Å². The van der Waals surface area contributed by atoms with E-state index < -0.39 is 0 Å². The molecule has 20 heavy (non-hydrogen) atoms. The second kappa shape index (κ2) is 5.21. The van der Waals surface area contributed by atoms with Gasteiger partial charge in [0, 0.05) is 30.9 Å². The molecule has 0 bridgehead atoms. The lowest BCUT2D eigenvalue weighted by atomic mass is 10.1. The Morgan fingerprint density at radius 3 is 2.60 bits per heavy atom. The molecular weight excluding hydrogens is 246 g/mol. The highest BCUT2D eigenvalue weighted by Crippen LogP contribution is 2.29. The monoisotopic (exact) mass is 263 g/mol. The van der Waals surface area contributed by atoms with Crippen molar-refractivity contribution >= 4 is 22.3 Å². The molecule has 3 nitrogen and oxygen atoms in total. The van der Waals surface area contributed by atoms with Crippen LogP contribution in [0, 0.1) is 0 Å². The number of anilines is 2. The summed E-state index contributed by atoms with van der Waals surface area (Å²) in [6, 6.07) is 18.3. The summed E-state index contributed by atoms with van der Waals surface area (Å²) in [6.07, 6.45) is 1.83. The molecule has 0 aliphatic carbocycles. The van der Waals surface area contributed by atoms with Crippen LogP contribution in [0.4, 0.5) is 11.5 Å². The largest absolute Gasteiger partial charge is 0.398 e. The van der Waals surface area contributed by atoms with Crippen molar-refractivity contribution in [3.8, 4) is 0 Å². The molecule has 0 aliphatic rings. The third kappa shape index (κ3) is 2.30. The molecule has 1 heterocycles. The van der Waals surface area contributed by atoms with E-state index in [1.807, 2.05) is 49.6 Å². The number of pyridine rings is 1. The van der Waals surface area contributed by atoms with Gasteiger partial charge in [0.25, 0.3) is 0 Å². The third-order valence-electron chi connectivity index (χ3n) is 3.43. The molecule has 0 atom stereocenters. The van der Waals surface area contributed by atoms with Crippen LogP contribution < -0.4 is 10.6 Å². The van der Waals surface area contributed by atoms with Crippen LogP contribution in [0.15, 0.2) is 60.8 Å². The highest BCUT2D eigenvalue weighted by Gasteiger charge is 2.10. The van der Waals surface area contributed by atoms with Gasteiger partial charge >= 0.3 is 0 Å². The Hall–Kier alpha value is -2.55. The van der Waals surface area contributed by atoms with Gasteiger partial charge in [0.2, 0.25) is 0 Å². The lowest BCUT2D eigenvalue weighted by Gasteiger charge is -2.20. The van der Waals surface area contributed by atoms with Gasteiger partial charge in [-0.1, -0.05) is 42.5 Å². The first-order valence-electron chi connectivity index (χ1n) is 6.64. The number of fused-ring (bicyclic) bond motifs is 1. The van der Waals surface area contributed by atoms with Gasteiger partial charge in [0.1, 0.15) is 5.82 Å². The fraction of sp³-hybridized carbons (Fsp3) is 0.118. The zero-order valence-corrected chi connectivity index (χ0v) is 11.5. The van der Waals surface area contributed by atoms with E-state index in [1.165, 1.54) is 5.56 Å². The second-order valence-electron chi connectivity index (χ2n) is 4.92. The number of benzene rings is 2. The maximum atomic E-state index is 6.12. The van der Waals surface area contributed by atoms with Crippen molar-refractivity contribution in [1.29, 1.82) is 0 Å². The Kier molecular flexibility index (Phi) is 3.25. The van der Waals surface area contributed by atoms with E-state index in [1.54, 1.807) is 0 Å². The Morgan fingerprint density at radius 1 is 1.00 bits per heavy atom. The minimum absolute atomic E-state index is 0.769. The van der Waals surface area contributed by atoms with Gasteiger partial charge < -0.3 is 10.6 Å². The van der Waals surface area contributed by atoms with Crippen LogP contribution in [0.3, 0.4) is 0 Å². The molecule has 0 amide bonds. The van der Waals surface area contributed by atoms with Crippen LogP contribution >= 0.6 is 0 Å². The number of hydrogen-bond donors (Lipinski definition) is 1. The fourth-order valence-electron chi connectivity index (χ4n) is 2.46. The maximum absolute atomic E-state index is 6.12. The Morgan fingerprint density at radius 2 is 1.80 bits per heavy atom. The van der Waals surface area contributed by atoms with E-state index in [-0.39, 0.29) is 0 Å². The molecular formula is C17H17N3. The van der Waals surface area contributed by atoms with E-state index in [0.29, 0.717) is 0 Å². The molecule has 3 rings (SSSR count). The van der Waals surface area contributed by atoms with Crippen molar-refractivity contribution in [2.24, 2.45) is 0 Å². The minimum atomic E-state index is 0.769. The molecule has 0 unspecified atom stereocenters. The number of nitrogens with zero attached hydrogens (tertiary/aromatic N) is 2. The first-order chi connectivity index (χ1) is 9.75. The minimum Gasteiger partial charge on any atom is -0.398 e. The quantitative estimate of drug-likeness (QED) is 0.736. The van der Waals surface area contributed by atoms with E-state index >= 15 is 0 Å². The molecule has 3 aromatic rings. The molecule has 100 valence electrons. The summed E-state index contributed by atoms with van der Waals surface area (Å²) in [5.41, 5.74) is 8.14. The molecule has 2 aromatic carbocycles. The SMILES string of the molecule is CN(Cc1ccccc1)c1nccc2cccc(N)c12. The number of nitrogen functional groups attached to an aromatic ring is 1. The van der Waals surface area contributed by atoms with E-state index in [9.17, 15) is 0 Å². The Labute approximate surface area is 118 Å². The lowest BCUT2D eigenvalue weighted by Crippen LogP contribution is -2.18. The topological polar surface area (TPSA) is 42.2 Å². The van der Waals surface area contributed by atoms with Gasteiger partial charge in [-0.15, -0.1) is 0 Å². The summed E-state index contributed by atoms with van der Waals surface area (Å²) >= 11 is 0. The van der Waals surface area contributed by atoms with Crippen LogP contribution in [-0.4, -0.2) is 12.0 Å². The first kappa shape index (κ1) is 12.5. The zero-order chi connectivity index (χ0) is 13.9. The first-order valence-corrected chi connectivity index (χ1v) is 6.64. The van der Waals surface area contributed by atoms with Gasteiger partial charge in [0.15, 0.2) is 0 Å². The predicted molar refractivity (Wildman–Crippen MR) is 84.7 cm³/mol. The van der Waals surface area contributed by atoms with Crippen LogP contribution in [-0.2, 0) is 6.54 Å². The van der Waals surface area contributed by atoms with Crippen molar-refractivity contribution in [2.45, 2.75) is 6.54 Å². The summed E-state index contributed by atoms with van der Waals surface area (Å²) in [4.78, 5) is 6.64. The van der Waals surface area contributed by atoms with Gasteiger partial charge in [-0.3, -0.25) is 0 Å². The predicted octanol–water partition coefficient (Wildman–Crippen LogP) is 3.45. The average molecular weight is 263 g/mol. The summed E-state index contributed by atoms with van der Waals surface area (Å²) in [7, 11) is 2.04. The van der Waals surface area contributed by atoms with Crippen LogP contribution in [0.25, 0.3) is 10.8 Å².